The Morgan fingerprint density at radius 1 is 1.14 bits per heavy atom. The zero-order chi connectivity index (χ0) is 11.2. The van der Waals surface area contributed by atoms with Crippen LogP contribution in [0.2, 0.25) is 0 Å². The van der Waals surface area contributed by atoms with Gasteiger partial charge in [-0.2, -0.15) is 13.2 Å². The molecule has 0 saturated heterocycles. The summed E-state index contributed by atoms with van der Waals surface area (Å²) in [7, 11) is 0. The van der Waals surface area contributed by atoms with E-state index < -0.39 is 12.6 Å². The first kappa shape index (κ1) is 13.8. The van der Waals surface area contributed by atoms with Gasteiger partial charge in [-0.15, -0.1) is 0 Å². The predicted octanol–water partition coefficient (Wildman–Crippen LogP) is 3.48. The first-order chi connectivity index (χ1) is 6.39. The maximum absolute atomic E-state index is 11.9. The van der Waals surface area contributed by atoms with Crippen molar-refractivity contribution < 1.29 is 13.2 Å². The van der Waals surface area contributed by atoms with Crippen molar-refractivity contribution in [3.8, 4) is 0 Å². The second-order valence-electron chi connectivity index (χ2n) is 3.83. The van der Waals surface area contributed by atoms with Gasteiger partial charge in [0.2, 0.25) is 0 Å². The lowest BCUT2D eigenvalue weighted by molar-refractivity contribution is -0.136. The topological polar surface area (TPSA) is 26.0 Å². The lowest BCUT2D eigenvalue weighted by Crippen LogP contribution is -2.25. The van der Waals surface area contributed by atoms with Crippen LogP contribution in [0.1, 0.15) is 46.0 Å². The molecule has 2 N–H and O–H groups in total. The van der Waals surface area contributed by atoms with Crippen molar-refractivity contribution >= 4 is 0 Å². The van der Waals surface area contributed by atoms with Gasteiger partial charge in [0.1, 0.15) is 0 Å². The van der Waals surface area contributed by atoms with Gasteiger partial charge in [0.05, 0.1) is 0 Å². The van der Waals surface area contributed by atoms with Crippen LogP contribution in [0.25, 0.3) is 0 Å². The standard InChI is InChI=1S/C10H20F3N/c1-3-8(4-2)7-9(14)5-6-10(11,12)13/h8-9H,3-7,14H2,1-2H3. The summed E-state index contributed by atoms with van der Waals surface area (Å²) in [5.74, 6) is 0.471. The smallest absolute Gasteiger partial charge is 0.328 e. The number of hydrogen-bond acceptors (Lipinski definition) is 1. The van der Waals surface area contributed by atoms with Crippen molar-refractivity contribution in [1.29, 1.82) is 0 Å². The van der Waals surface area contributed by atoms with Crippen molar-refractivity contribution in [2.24, 2.45) is 11.7 Å². The second-order valence-corrected chi connectivity index (χ2v) is 3.83. The SMILES string of the molecule is CCC(CC)CC(N)CCC(F)(F)F. The van der Waals surface area contributed by atoms with Crippen LogP contribution in [0, 0.1) is 5.92 Å². The molecule has 0 aromatic heterocycles. The maximum Gasteiger partial charge on any atom is 0.389 e. The molecule has 4 heteroatoms. The van der Waals surface area contributed by atoms with E-state index in [4.69, 9.17) is 5.73 Å². The van der Waals surface area contributed by atoms with Crippen LogP contribution in [-0.2, 0) is 0 Å². The fourth-order valence-electron chi connectivity index (χ4n) is 1.52. The summed E-state index contributed by atoms with van der Waals surface area (Å²) in [6.45, 7) is 4.09. The number of hydrogen-bond donors (Lipinski definition) is 1. The Bertz CT molecular complexity index is 141. The van der Waals surface area contributed by atoms with E-state index in [2.05, 4.69) is 0 Å². The van der Waals surface area contributed by atoms with Gasteiger partial charge < -0.3 is 5.73 Å². The molecule has 0 heterocycles. The molecule has 0 aliphatic rings. The van der Waals surface area contributed by atoms with Crippen LogP contribution in [-0.4, -0.2) is 12.2 Å². The third-order valence-corrected chi connectivity index (χ3v) is 2.59. The average Bonchev–Trinajstić information content (AvgIpc) is 2.09. The summed E-state index contributed by atoms with van der Waals surface area (Å²) in [5.41, 5.74) is 5.63. The second kappa shape index (κ2) is 6.27. The minimum absolute atomic E-state index is 0.0556. The minimum Gasteiger partial charge on any atom is -0.328 e. The van der Waals surface area contributed by atoms with Crippen LogP contribution in [0.4, 0.5) is 13.2 Å². The fourth-order valence-corrected chi connectivity index (χ4v) is 1.52. The van der Waals surface area contributed by atoms with E-state index in [1.807, 2.05) is 13.8 Å². The van der Waals surface area contributed by atoms with Crippen LogP contribution >= 0.6 is 0 Å². The molecule has 0 aliphatic heterocycles. The highest BCUT2D eigenvalue weighted by atomic mass is 19.4. The third kappa shape index (κ3) is 7.18. The summed E-state index contributed by atoms with van der Waals surface area (Å²) in [6.07, 6.45) is -2.06. The number of alkyl halides is 3. The molecule has 14 heavy (non-hydrogen) atoms. The summed E-state index contributed by atoms with van der Waals surface area (Å²) >= 11 is 0. The Balaban J connectivity index is 3.69. The van der Waals surface area contributed by atoms with Gasteiger partial charge in [0.25, 0.3) is 0 Å². The fraction of sp³-hybridized carbons (Fsp3) is 1.00. The van der Waals surface area contributed by atoms with Crippen LogP contribution in [0.3, 0.4) is 0 Å². The maximum atomic E-state index is 11.9. The lowest BCUT2D eigenvalue weighted by Gasteiger charge is -2.18. The van der Waals surface area contributed by atoms with E-state index in [0.717, 1.165) is 12.8 Å². The van der Waals surface area contributed by atoms with Gasteiger partial charge in [-0.1, -0.05) is 26.7 Å². The highest BCUT2D eigenvalue weighted by Crippen LogP contribution is 2.24. The Hall–Kier alpha value is -0.250. The zero-order valence-corrected chi connectivity index (χ0v) is 8.90. The molecule has 1 atom stereocenters. The molecule has 1 unspecified atom stereocenters. The minimum atomic E-state index is -4.06. The van der Waals surface area contributed by atoms with Crippen molar-refractivity contribution in [1.82, 2.24) is 0 Å². The van der Waals surface area contributed by atoms with Crippen molar-refractivity contribution in [3.63, 3.8) is 0 Å². The molecule has 0 saturated carbocycles. The monoisotopic (exact) mass is 211 g/mol. The lowest BCUT2D eigenvalue weighted by atomic mass is 9.93. The molecular weight excluding hydrogens is 191 g/mol. The molecule has 0 fully saturated rings. The van der Waals surface area contributed by atoms with Gasteiger partial charge in [-0.25, -0.2) is 0 Å². The summed E-state index contributed by atoms with van der Waals surface area (Å²) in [5, 5.41) is 0. The Kier molecular flexibility index (Phi) is 6.16. The Morgan fingerprint density at radius 2 is 1.64 bits per heavy atom. The largest absolute Gasteiger partial charge is 0.389 e. The summed E-state index contributed by atoms with van der Waals surface area (Å²) in [4.78, 5) is 0. The number of rotatable bonds is 6. The van der Waals surface area contributed by atoms with E-state index in [1.54, 1.807) is 0 Å². The summed E-state index contributed by atoms with van der Waals surface area (Å²) in [6, 6.07) is -0.304. The molecular formula is C10H20F3N. The average molecular weight is 211 g/mol. The number of halogens is 3. The highest BCUT2D eigenvalue weighted by molar-refractivity contribution is 4.68. The van der Waals surface area contributed by atoms with Crippen LogP contribution < -0.4 is 5.73 Å². The van der Waals surface area contributed by atoms with Gasteiger partial charge >= 0.3 is 6.18 Å². The molecule has 0 aromatic carbocycles. The normalized spacial score (nSPS) is 14.8. The van der Waals surface area contributed by atoms with E-state index >= 15 is 0 Å². The van der Waals surface area contributed by atoms with Crippen LogP contribution in [0.15, 0.2) is 0 Å². The molecule has 1 nitrogen and oxygen atoms in total. The molecule has 0 spiro atoms. The summed E-state index contributed by atoms with van der Waals surface area (Å²) < 4.78 is 35.6. The Labute approximate surface area is 83.9 Å². The van der Waals surface area contributed by atoms with E-state index in [1.165, 1.54) is 0 Å². The molecule has 86 valence electrons. The van der Waals surface area contributed by atoms with Gasteiger partial charge in [0.15, 0.2) is 0 Å². The van der Waals surface area contributed by atoms with Crippen LogP contribution in [0.5, 0.6) is 0 Å². The van der Waals surface area contributed by atoms with Crippen molar-refractivity contribution in [2.75, 3.05) is 0 Å². The highest BCUT2D eigenvalue weighted by Gasteiger charge is 2.27. The molecule has 0 radical (unpaired) electrons. The molecule has 0 amide bonds. The molecule has 0 aliphatic carbocycles. The van der Waals surface area contributed by atoms with Gasteiger partial charge in [-0.3, -0.25) is 0 Å². The van der Waals surface area contributed by atoms with Gasteiger partial charge in [-0.05, 0) is 18.8 Å². The van der Waals surface area contributed by atoms with Gasteiger partial charge in [0, 0.05) is 12.5 Å². The Morgan fingerprint density at radius 3 is 2.00 bits per heavy atom. The number of nitrogens with two attached hydrogens (primary N) is 1. The predicted molar refractivity (Wildman–Crippen MR) is 52.0 cm³/mol. The molecule has 0 aromatic rings. The quantitative estimate of drug-likeness (QED) is 0.715. The van der Waals surface area contributed by atoms with E-state index in [9.17, 15) is 13.2 Å². The molecule has 0 rings (SSSR count). The van der Waals surface area contributed by atoms with E-state index in [-0.39, 0.29) is 12.5 Å². The first-order valence-corrected chi connectivity index (χ1v) is 5.21. The first-order valence-electron chi connectivity index (χ1n) is 5.21. The zero-order valence-electron chi connectivity index (χ0n) is 8.90. The molecule has 0 bridgehead atoms. The van der Waals surface area contributed by atoms with Crippen molar-refractivity contribution in [2.45, 2.75) is 58.2 Å². The van der Waals surface area contributed by atoms with E-state index in [0.29, 0.717) is 12.3 Å². The third-order valence-electron chi connectivity index (χ3n) is 2.59. The van der Waals surface area contributed by atoms with Crippen molar-refractivity contribution in [3.05, 3.63) is 0 Å².